The molecule has 2 heterocycles. The van der Waals surface area contributed by atoms with Gasteiger partial charge in [0.1, 0.15) is 5.75 Å². The number of nitrogens with one attached hydrogen (secondary N) is 2. The summed E-state index contributed by atoms with van der Waals surface area (Å²) in [5.74, 6) is 1.67. The number of urea groups is 1. The first-order valence-corrected chi connectivity index (χ1v) is 11.0. The summed E-state index contributed by atoms with van der Waals surface area (Å²) in [5, 5.41) is 17.2. The topological polar surface area (TPSA) is 97.1 Å². The highest BCUT2D eigenvalue weighted by atomic mass is 32.1. The van der Waals surface area contributed by atoms with E-state index in [1.165, 1.54) is 11.3 Å². The Hall–Kier alpha value is -3.46. The summed E-state index contributed by atoms with van der Waals surface area (Å²) in [6.07, 6.45) is 0.744. The van der Waals surface area contributed by atoms with Gasteiger partial charge in [-0.2, -0.15) is 0 Å². The number of fused-ring (bicyclic) bond motifs is 1. The number of carbonyl (C=O) groups is 1. The highest BCUT2D eigenvalue weighted by molar-refractivity contribution is 7.07. The molecule has 0 aliphatic carbocycles. The Bertz CT molecular complexity index is 1120. The fourth-order valence-electron chi connectivity index (χ4n) is 3.22. The summed E-state index contributed by atoms with van der Waals surface area (Å²) in [6.45, 7) is 3.93. The van der Waals surface area contributed by atoms with E-state index in [1.807, 2.05) is 25.1 Å². The fraction of sp³-hybridized carbons (Fsp3) is 0.273. The van der Waals surface area contributed by atoms with E-state index in [-0.39, 0.29) is 18.6 Å². The molecule has 1 aliphatic heterocycles. The summed E-state index contributed by atoms with van der Waals surface area (Å²) in [7, 11) is 0. The first-order chi connectivity index (χ1) is 15.1. The number of amides is 2. The Morgan fingerprint density at radius 1 is 1.16 bits per heavy atom. The second-order valence-corrected chi connectivity index (χ2v) is 7.73. The third kappa shape index (κ3) is 5.00. The number of aromatic hydroxyl groups is 1. The molecule has 4 rings (SSSR count). The average Bonchev–Trinajstić information content (AvgIpc) is 3.39. The van der Waals surface area contributed by atoms with Crippen molar-refractivity contribution in [2.75, 3.05) is 19.9 Å². The number of thiazole rings is 1. The largest absolute Gasteiger partial charge is 0.508 e. The van der Waals surface area contributed by atoms with Gasteiger partial charge in [-0.3, -0.25) is 0 Å². The van der Waals surface area contributed by atoms with Gasteiger partial charge >= 0.3 is 6.03 Å². The van der Waals surface area contributed by atoms with Gasteiger partial charge in [-0.05, 0) is 55.8 Å². The molecule has 8 nitrogen and oxygen atoms in total. The molecule has 2 aromatic carbocycles. The standard InChI is InChI=1S/C22H24N4O4S/c1-2-23-21(28)24-10-3-11-26-18(15-4-9-19-20(12-15)30-14-29-19)13-31-22(26)25-16-5-7-17(27)8-6-16/h4-9,12-13,27H,2-3,10-11,14H2,1H3,(H2,23,24,28). The second kappa shape index (κ2) is 9.57. The van der Waals surface area contributed by atoms with Crippen molar-refractivity contribution in [1.29, 1.82) is 0 Å². The van der Waals surface area contributed by atoms with Gasteiger partial charge in [0.25, 0.3) is 0 Å². The van der Waals surface area contributed by atoms with Crippen LogP contribution in [0.2, 0.25) is 0 Å². The predicted octanol–water partition coefficient (Wildman–Crippen LogP) is 3.59. The zero-order valence-electron chi connectivity index (χ0n) is 17.1. The zero-order valence-corrected chi connectivity index (χ0v) is 17.9. The lowest BCUT2D eigenvalue weighted by molar-refractivity contribution is 0.174. The van der Waals surface area contributed by atoms with Crippen molar-refractivity contribution in [2.45, 2.75) is 19.9 Å². The minimum atomic E-state index is -0.164. The molecule has 0 saturated heterocycles. The lowest BCUT2D eigenvalue weighted by atomic mass is 10.1. The third-order valence-corrected chi connectivity index (χ3v) is 5.59. The van der Waals surface area contributed by atoms with Crippen LogP contribution in [0, 0.1) is 0 Å². The van der Waals surface area contributed by atoms with E-state index in [0.717, 1.165) is 39.7 Å². The van der Waals surface area contributed by atoms with Crippen LogP contribution in [0.5, 0.6) is 17.2 Å². The van der Waals surface area contributed by atoms with Crippen molar-refractivity contribution in [3.05, 3.63) is 52.6 Å². The maximum Gasteiger partial charge on any atom is 0.314 e. The van der Waals surface area contributed by atoms with Crippen LogP contribution in [0.25, 0.3) is 11.3 Å². The van der Waals surface area contributed by atoms with Crippen LogP contribution in [0.3, 0.4) is 0 Å². The Balaban J connectivity index is 1.62. The molecular formula is C22H24N4O4S. The van der Waals surface area contributed by atoms with E-state index in [1.54, 1.807) is 24.3 Å². The molecule has 1 aromatic heterocycles. The van der Waals surface area contributed by atoms with Crippen LogP contribution in [0.15, 0.2) is 52.8 Å². The normalized spacial score (nSPS) is 12.7. The maximum absolute atomic E-state index is 11.6. The quantitative estimate of drug-likeness (QED) is 0.489. The number of hydrogen-bond acceptors (Lipinski definition) is 6. The van der Waals surface area contributed by atoms with Crippen molar-refractivity contribution in [3.8, 4) is 28.5 Å². The van der Waals surface area contributed by atoms with Crippen LogP contribution in [0.1, 0.15) is 13.3 Å². The maximum atomic E-state index is 11.6. The average molecular weight is 441 g/mol. The number of phenolic OH excluding ortho intramolecular Hbond substituents is 1. The van der Waals surface area contributed by atoms with Gasteiger partial charge in [0.15, 0.2) is 16.3 Å². The smallest absolute Gasteiger partial charge is 0.314 e. The summed E-state index contributed by atoms with van der Waals surface area (Å²) >= 11 is 1.54. The number of benzene rings is 2. The van der Waals surface area contributed by atoms with E-state index in [4.69, 9.17) is 14.5 Å². The minimum absolute atomic E-state index is 0.164. The Labute approximate surface area is 183 Å². The molecule has 0 unspecified atom stereocenters. The van der Waals surface area contributed by atoms with Gasteiger partial charge in [0.05, 0.1) is 11.4 Å². The highest BCUT2D eigenvalue weighted by Gasteiger charge is 2.16. The highest BCUT2D eigenvalue weighted by Crippen LogP contribution is 2.36. The van der Waals surface area contributed by atoms with Gasteiger partial charge in [-0.1, -0.05) is 0 Å². The molecule has 0 spiro atoms. The van der Waals surface area contributed by atoms with Crippen LogP contribution in [0.4, 0.5) is 10.5 Å². The summed E-state index contributed by atoms with van der Waals surface area (Å²) in [5.41, 5.74) is 2.77. The third-order valence-electron chi connectivity index (χ3n) is 4.72. The molecule has 31 heavy (non-hydrogen) atoms. The number of rotatable bonds is 7. The van der Waals surface area contributed by atoms with E-state index in [0.29, 0.717) is 19.6 Å². The van der Waals surface area contributed by atoms with Crippen molar-refractivity contribution in [1.82, 2.24) is 15.2 Å². The molecule has 1 aliphatic rings. The van der Waals surface area contributed by atoms with Gasteiger partial charge in [-0.25, -0.2) is 9.79 Å². The van der Waals surface area contributed by atoms with Gasteiger partial charge in [-0.15, -0.1) is 11.3 Å². The van der Waals surface area contributed by atoms with E-state index in [9.17, 15) is 9.90 Å². The van der Waals surface area contributed by atoms with Crippen LogP contribution >= 0.6 is 11.3 Å². The lowest BCUT2D eigenvalue weighted by Gasteiger charge is -2.11. The van der Waals surface area contributed by atoms with Gasteiger partial charge < -0.3 is 29.8 Å². The molecule has 3 N–H and O–H groups in total. The Kier molecular flexibility index (Phi) is 6.42. The number of hydrogen-bond donors (Lipinski definition) is 3. The fourth-order valence-corrected chi connectivity index (χ4v) is 4.18. The van der Waals surface area contributed by atoms with Crippen molar-refractivity contribution < 1.29 is 19.4 Å². The van der Waals surface area contributed by atoms with Crippen LogP contribution < -0.4 is 24.9 Å². The molecule has 9 heteroatoms. The molecule has 0 saturated carbocycles. The van der Waals surface area contributed by atoms with Crippen molar-refractivity contribution >= 4 is 23.1 Å². The van der Waals surface area contributed by atoms with Crippen LogP contribution in [-0.4, -0.2) is 35.6 Å². The van der Waals surface area contributed by atoms with E-state index >= 15 is 0 Å². The first kappa shape index (κ1) is 20.8. The first-order valence-electron chi connectivity index (χ1n) is 10.1. The molecule has 0 bridgehead atoms. The van der Waals surface area contributed by atoms with Crippen molar-refractivity contribution in [3.63, 3.8) is 0 Å². The molecule has 0 atom stereocenters. The van der Waals surface area contributed by atoms with Gasteiger partial charge in [0.2, 0.25) is 6.79 Å². The summed E-state index contributed by atoms with van der Waals surface area (Å²) in [6, 6.07) is 12.5. The number of ether oxygens (including phenoxy) is 2. The number of phenols is 1. The van der Waals surface area contributed by atoms with E-state index < -0.39 is 0 Å². The summed E-state index contributed by atoms with van der Waals surface area (Å²) < 4.78 is 13.1. The molecule has 0 radical (unpaired) electrons. The minimum Gasteiger partial charge on any atom is -0.508 e. The monoisotopic (exact) mass is 440 g/mol. The molecule has 2 amide bonds. The number of carbonyl (C=O) groups excluding carboxylic acids is 1. The Morgan fingerprint density at radius 3 is 2.77 bits per heavy atom. The summed E-state index contributed by atoms with van der Waals surface area (Å²) in [4.78, 5) is 17.2. The Morgan fingerprint density at radius 2 is 1.97 bits per heavy atom. The number of aromatic nitrogens is 1. The molecule has 0 fully saturated rings. The predicted molar refractivity (Wildman–Crippen MR) is 119 cm³/mol. The molecule has 3 aromatic rings. The van der Waals surface area contributed by atoms with Crippen molar-refractivity contribution in [2.24, 2.45) is 4.99 Å². The molecule has 162 valence electrons. The zero-order chi connectivity index (χ0) is 21.6. The number of nitrogens with zero attached hydrogens (tertiary/aromatic N) is 2. The van der Waals surface area contributed by atoms with Crippen LogP contribution in [-0.2, 0) is 6.54 Å². The second-order valence-electron chi connectivity index (χ2n) is 6.89. The SMILES string of the molecule is CCNC(=O)NCCCn1c(-c2ccc3c(c2)OCO3)csc1=Nc1ccc(O)cc1. The van der Waals surface area contributed by atoms with E-state index in [2.05, 4.69) is 20.6 Å². The lowest BCUT2D eigenvalue weighted by Crippen LogP contribution is -2.36. The van der Waals surface area contributed by atoms with Gasteiger partial charge in [0, 0.05) is 30.6 Å². The molecular weight excluding hydrogens is 416 g/mol.